The fourth-order valence-corrected chi connectivity index (χ4v) is 2.57. The first kappa shape index (κ1) is 11.1. The molecular formula is C12H13NO2S. The van der Waals surface area contributed by atoms with E-state index in [1.165, 1.54) is 0 Å². The van der Waals surface area contributed by atoms with Gasteiger partial charge >= 0.3 is 5.97 Å². The lowest BCUT2D eigenvalue weighted by Gasteiger charge is -2.02. The summed E-state index contributed by atoms with van der Waals surface area (Å²) in [5.74, 6) is -0.269. The molecule has 0 amide bonds. The molecule has 0 bridgehead atoms. The molecule has 1 aromatic carbocycles. The van der Waals surface area contributed by atoms with Crippen molar-refractivity contribution in [1.29, 1.82) is 0 Å². The molecule has 0 aliphatic rings. The van der Waals surface area contributed by atoms with Crippen LogP contribution >= 0.6 is 11.3 Å². The molecule has 3 nitrogen and oxygen atoms in total. The third-order valence-corrected chi connectivity index (χ3v) is 3.43. The topological polar surface area (TPSA) is 52.3 Å². The molecule has 1 aromatic heterocycles. The van der Waals surface area contributed by atoms with Crippen LogP contribution in [0.5, 0.6) is 0 Å². The van der Waals surface area contributed by atoms with Crippen molar-refractivity contribution in [2.75, 3.05) is 6.61 Å². The van der Waals surface area contributed by atoms with E-state index in [9.17, 15) is 4.79 Å². The molecule has 84 valence electrons. The molecule has 16 heavy (non-hydrogen) atoms. The fraction of sp³-hybridized carbons (Fsp3) is 0.250. The van der Waals surface area contributed by atoms with E-state index in [-0.39, 0.29) is 5.97 Å². The average molecular weight is 235 g/mol. The SMILES string of the molecule is CCOC(=O)c1cccc2sc(CN)cc12. The Morgan fingerprint density at radius 3 is 3.00 bits per heavy atom. The number of hydrogen-bond acceptors (Lipinski definition) is 4. The molecule has 1 heterocycles. The molecular weight excluding hydrogens is 222 g/mol. The number of carbonyl (C=O) groups is 1. The zero-order valence-corrected chi connectivity index (χ0v) is 9.84. The molecule has 2 rings (SSSR count). The number of ether oxygens (including phenoxy) is 1. The van der Waals surface area contributed by atoms with Crippen LogP contribution in [0.1, 0.15) is 22.2 Å². The standard InChI is InChI=1S/C12H13NO2S/c1-2-15-12(14)9-4-3-5-11-10(9)6-8(7-13)16-11/h3-6H,2,7,13H2,1H3. The largest absolute Gasteiger partial charge is 0.462 e. The monoisotopic (exact) mass is 235 g/mol. The smallest absolute Gasteiger partial charge is 0.338 e. The second-order valence-electron chi connectivity index (χ2n) is 3.35. The number of carbonyl (C=O) groups excluding carboxylic acids is 1. The number of thiophene rings is 1. The average Bonchev–Trinajstić information content (AvgIpc) is 2.71. The number of esters is 1. The summed E-state index contributed by atoms with van der Waals surface area (Å²) < 4.78 is 6.09. The minimum absolute atomic E-state index is 0.269. The predicted octanol–water partition coefficient (Wildman–Crippen LogP) is 2.54. The lowest BCUT2D eigenvalue weighted by Crippen LogP contribution is -2.04. The third-order valence-electron chi connectivity index (χ3n) is 2.31. The summed E-state index contributed by atoms with van der Waals surface area (Å²) in [5, 5.41) is 0.936. The highest BCUT2D eigenvalue weighted by Crippen LogP contribution is 2.28. The van der Waals surface area contributed by atoms with E-state index in [2.05, 4.69) is 0 Å². The number of fused-ring (bicyclic) bond motifs is 1. The molecule has 2 aromatic rings. The highest BCUT2D eigenvalue weighted by molar-refractivity contribution is 7.19. The first-order valence-electron chi connectivity index (χ1n) is 5.15. The molecule has 0 saturated carbocycles. The molecule has 0 radical (unpaired) electrons. The normalized spacial score (nSPS) is 10.6. The van der Waals surface area contributed by atoms with Crippen molar-refractivity contribution in [3.8, 4) is 0 Å². The van der Waals surface area contributed by atoms with Gasteiger partial charge in [0.05, 0.1) is 12.2 Å². The van der Waals surface area contributed by atoms with Crippen LogP contribution in [-0.4, -0.2) is 12.6 Å². The van der Waals surface area contributed by atoms with Gasteiger partial charge < -0.3 is 10.5 Å². The second-order valence-corrected chi connectivity index (χ2v) is 4.52. The van der Waals surface area contributed by atoms with Gasteiger partial charge in [-0.3, -0.25) is 0 Å². The summed E-state index contributed by atoms with van der Waals surface area (Å²) in [6, 6.07) is 7.60. The summed E-state index contributed by atoms with van der Waals surface area (Å²) in [7, 11) is 0. The van der Waals surface area contributed by atoms with E-state index in [1.807, 2.05) is 18.2 Å². The summed E-state index contributed by atoms with van der Waals surface area (Å²) in [5.41, 5.74) is 6.21. The fourth-order valence-electron chi connectivity index (χ4n) is 1.60. The lowest BCUT2D eigenvalue weighted by atomic mass is 10.1. The maximum Gasteiger partial charge on any atom is 0.338 e. The van der Waals surface area contributed by atoms with Crippen LogP contribution in [-0.2, 0) is 11.3 Å². The van der Waals surface area contributed by atoms with Crippen molar-refractivity contribution in [3.63, 3.8) is 0 Å². The third kappa shape index (κ3) is 1.94. The van der Waals surface area contributed by atoms with Gasteiger partial charge in [-0.15, -0.1) is 11.3 Å². The summed E-state index contributed by atoms with van der Waals surface area (Å²) >= 11 is 1.61. The van der Waals surface area contributed by atoms with Crippen LogP contribution < -0.4 is 5.73 Å². The van der Waals surface area contributed by atoms with Gasteiger partial charge in [-0.05, 0) is 25.1 Å². The highest BCUT2D eigenvalue weighted by Gasteiger charge is 2.12. The van der Waals surface area contributed by atoms with Gasteiger partial charge in [0, 0.05) is 21.5 Å². The van der Waals surface area contributed by atoms with E-state index in [4.69, 9.17) is 10.5 Å². The Morgan fingerprint density at radius 2 is 2.31 bits per heavy atom. The lowest BCUT2D eigenvalue weighted by molar-refractivity contribution is 0.0529. The van der Waals surface area contributed by atoms with E-state index in [0.717, 1.165) is 15.0 Å². The van der Waals surface area contributed by atoms with Gasteiger partial charge in [0.2, 0.25) is 0 Å². The Labute approximate surface area is 97.8 Å². The van der Waals surface area contributed by atoms with Crippen LogP contribution in [0, 0.1) is 0 Å². The van der Waals surface area contributed by atoms with Crippen LogP contribution in [0.4, 0.5) is 0 Å². The number of benzene rings is 1. The van der Waals surface area contributed by atoms with Crippen LogP contribution in [0.3, 0.4) is 0 Å². The minimum atomic E-state index is -0.269. The van der Waals surface area contributed by atoms with Gasteiger partial charge in [-0.2, -0.15) is 0 Å². The maximum atomic E-state index is 11.7. The summed E-state index contributed by atoms with van der Waals surface area (Å²) in [6.07, 6.45) is 0. The highest BCUT2D eigenvalue weighted by atomic mass is 32.1. The molecule has 0 unspecified atom stereocenters. The second kappa shape index (κ2) is 4.63. The van der Waals surface area contributed by atoms with E-state index in [1.54, 1.807) is 24.3 Å². The molecule has 0 atom stereocenters. The molecule has 4 heteroatoms. The van der Waals surface area contributed by atoms with Gasteiger partial charge in [0.25, 0.3) is 0 Å². The Hall–Kier alpha value is -1.39. The van der Waals surface area contributed by atoms with Crippen LogP contribution in [0.2, 0.25) is 0 Å². The Kier molecular flexibility index (Phi) is 3.22. The number of nitrogens with two attached hydrogens (primary N) is 1. The number of hydrogen-bond donors (Lipinski definition) is 1. The molecule has 0 fully saturated rings. The van der Waals surface area contributed by atoms with Gasteiger partial charge in [0.15, 0.2) is 0 Å². The molecule has 0 aliphatic heterocycles. The molecule has 2 N–H and O–H groups in total. The Bertz CT molecular complexity index is 519. The summed E-state index contributed by atoms with van der Waals surface area (Å²) in [4.78, 5) is 12.8. The predicted molar refractivity (Wildman–Crippen MR) is 65.7 cm³/mol. The van der Waals surface area contributed by atoms with E-state index < -0.39 is 0 Å². The van der Waals surface area contributed by atoms with Crippen molar-refractivity contribution < 1.29 is 9.53 Å². The maximum absolute atomic E-state index is 11.7. The van der Waals surface area contributed by atoms with E-state index >= 15 is 0 Å². The molecule has 0 aliphatic carbocycles. The first-order valence-corrected chi connectivity index (χ1v) is 5.96. The van der Waals surface area contributed by atoms with Crippen molar-refractivity contribution in [2.24, 2.45) is 5.73 Å². The van der Waals surface area contributed by atoms with Crippen LogP contribution in [0.25, 0.3) is 10.1 Å². The zero-order valence-electron chi connectivity index (χ0n) is 9.03. The van der Waals surface area contributed by atoms with Gasteiger partial charge in [0.1, 0.15) is 0 Å². The van der Waals surface area contributed by atoms with Gasteiger partial charge in [-0.25, -0.2) is 4.79 Å². The van der Waals surface area contributed by atoms with Gasteiger partial charge in [-0.1, -0.05) is 6.07 Å². The first-order chi connectivity index (χ1) is 7.76. The number of rotatable bonds is 3. The van der Waals surface area contributed by atoms with Crippen LogP contribution in [0.15, 0.2) is 24.3 Å². The quantitative estimate of drug-likeness (QED) is 0.832. The van der Waals surface area contributed by atoms with Crippen molar-refractivity contribution in [3.05, 3.63) is 34.7 Å². The Balaban J connectivity index is 2.52. The minimum Gasteiger partial charge on any atom is -0.462 e. The Morgan fingerprint density at radius 1 is 1.50 bits per heavy atom. The van der Waals surface area contributed by atoms with E-state index in [0.29, 0.717) is 18.7 Å². The molecule has 0 saturated heterocycles. The van der Waals surface area contributed by atoms with Crippen molar-refractivity contribution in [2.45, 2.75) is 13.5 Å². The zero-order chi connectivity index (χ0) is 11.5. The van der Waals surface area contributed by atoms with Crippen molar-refractivity contribution >= 4 is 27.4 Å². The van der Waals surface area contributed by atoms with Crippen molar-refractivity contribution in [1.82, 2.24) is 0 Å². The summed E-state index contributed by atoms with van der Waals surface area (Å²) in [6.45, 7) is 2.70. The molecule has 0 spiro atoms.